The summed E-state index contributed by atoms with van der Waals surface area (Å²) in [6.45, 7) is 0.824. The number of azo groups is 1. The molecule has 0 aliphatic heterocycles. The topological polar surface area (TPSA) is 357 Å². The van der Waals surface area contributed by atoms with Crippen molar-refractivity contribution < 1.29 is 65.4 Å². The molecular weight excluding hydrogens is 720 g/mol. The van der Waals surface area contributed by atoms with Gasteiger partial charge in [-0.1, -0.05) is 0 Å². The third kappa shape index (κ3) is 10.1. The monoisotopic (exact) mass is 752 g/mol. The first-order valence-corrected chi connectivity index (χ1v) is 16.9. The Labute approximate surface area is 289 Å². The SMILES string of the molecule is CC(=O)Nc1ccc(N=Nc2cc(OCCO)c(N)cc2OCCO)c(C(=O)O)c1.Nc1cc2c(O)c(N)c(S(=O)(=O)O)cc2cc1S(=O)(=O)O. The highest BCUT2D eigenvalue weighted by molar-refractivity contribution is 7.86. The quantitative estimate of drug-likeness (QED) is 0.0429. The van der Waals surface area contributed by atoms with E-state index in [4.69, 9.17) is 46.0 Å². The Morgan fingerprint density at radius 3 is 1.90 bits per heavy atom. The Balaban J connectivity index is 0.000000293. The van der Waals surface area contributed by atoms with Gasteiger partial charge >= 0.3 is 5.97 Å². The standard InChI is InChI=1S/C19H22N4O7.C10H10N2O7S2/c1-11(26)21-12-2-3-15(13(8-12)19(27)28)22-23-16-10-17(29-6-4-24)14(20)9-18(16)30-7-5-25;11-6-3-5-4(1-7(6)20(14,15)16)2-8(21(17,18)19)9(12)10(5)13/h2-3,8-10,24-25H,4-7,20H2,1H3,(H,21,26)(H,27,28);1-3,13H,11-12H2,(H,14,15,16)(H,17,18,19). The molecule has 0 heterocycles. The lowest BCUT2D eigenvalue weighted by molar-refractivity contribution is -0.114. The molecule has 20 nitrogen and oxygen atoms in total. The molecule has 0 fully saturated rings. The van der Waals surface area contributed by atoms with E-state index in [0.29, 0.717) is 5.69 Å². The molecule has 0 unspecified atom stereocenters. The molecule has 0 aliphatic rings. The zero-order chi connectivity index (χ0) is 38.3. The molecule has 1 amide bonds. The fourth-order valence-electron chi connectivity index (χ4n) is 4.23. The van der Waals surface area contributed by atoms with E-state index in [1.54, 1.807) is 0 Å². The van der Waals surface area contributed by atoms with E-state index in [1.165, 1.54) is 37.3 Å². The number of carbonyl (C=O) groups is 2. The van der Waals surface area contributed by atoms with E-state index in [1.807, 2.05) is 0 Å². The van der Waals surface area contributed by atoms with Crippen molar-refractivity contribution in [2.45, 2.75) is 16.7 Å². The number of anilines is 4. The summed E-state index contributed by atoms with van der Waals surface area (Å²) in [7, 11) is -9.38. The largest absolute Gasteiger partial charge is 0.505 e. The summed E-state index contributed by atoms with van der Waals surface area (Å²) in [5.41, 5.74) is 16.4. The Morgan fingerprint density at radius 1 is 0.784 bits per heavy atom. The Kier molecular flexibility index (Phi) is 12.7. The molecule has 22 heteroatoms. The fraction of sp³-hybridized carbons (Fsp3) is 0.172. The number of aliphatic hydroxyl groups excluding tert-OH is 2. The normalized spacial score (nSPS) is 11.5. The van der Waals surface area contributed by atoms with Gasteiger partial charge in [0.15, 0.2) is 0 Å². The number of ether oxygens (including phenoxy) is 2. The number of rotatable bonds is 12. The van der Waals surface area contributed by atoms with E-state index in [9.17, 15) is 36.6 Å². The number of hydrogen-bond acceptors (Lipinski definition) is 16. The summed E-state index contributed by atoms with van der Waals surface area (Å²) in [4.78, 5) is 21.3. The van der Waals surface area contributed by atoms with Gasteiger partial charge in [0, 0.05) is 30.1 Å². The minimum Gasteiger partial charge on any atom is -0.505 e. The van der Waals surface area contributed by atoms with Gasteiger partial charge in [0.1, 0.15) is 51.6 Å². The van der Waals surface area contributed by atoms with Crippen LogP contribution in [0.25, 0.3) is 10.8 Å². The second kappa shape index (κ2) is 16.3. The van der Waals surface area contributed by atoms with Crippen LogP contribution < -0.4 is 32.0 Å². The average molecular weight is 753 g/mol. The van der Waals surface area contributed by atoms with Crippen molar-refractivity contribution in [3.63, 3.8) is 0 Å². The van der Waals surface area contributed by atoms with E-state index >= 15 is 0 Å². The number of fused-ring (bicyclic) bond motifs is 1. The number of nitrogens with one attached hydrogen (secondary N) is 1. The number of phenolic OH excluding ortho intramolecular Hbond substituents is 1. The highest BCUT2D eigenvalue weighted by atomic mass is 32.2. The number of aromatic carboxylic acids is 1. The predicted molar refractivity (Wildman–Crippen MR) is 182 cm³/mol. The molecule has 0 radical (unpaired) electrons. The lowest BCUT2D eigenvalue weighted by atomic mass is 10.1. The maximum atomic E-state index is 11.6. The molecule has 0 aliphatic carbocycles. The van der Waals surface area contributed by atoms with Crippen LogP contribution in [0.15, 0.2) is 68.6 Å². The number of benzene rings is 4. The lowest BCUT2D eigenvalue weighted by Crippen LogP contribution is -2.07. The van der Waals surface area contributed by atoms with Crippen molar-refractivity contribution >= 4 is 77.0 Å². The van der Waals surface area contributed by atoms with E-state index in [2.05, 4.69) is 15.5 Å². The third-order valence-corrected chi connectivity index (χ3v) is 8.20. The molecule has 0 bridgehead atoms. The van der Waals surface area contributed by atoms with Crippen molar-refractivity contribution in [1.82, 2.24) is 0 Å². The maximum Gasteiger partial charge on any atom is 0.338 e. The van der Waals surface area contributed by atoms with Gasteiger partial charge in [-0.05, 0) is 41.8 Å². The number of nitrogen functional groups attached to an aromatic ring is 3. The molecule has 4 rings (SSSR count). The summed E-state index contributed by atoms with van der Waals surface area (Å²) in [5.74, 6) is -1.85. The number of amides is 1. The summed E-state index contributed by atoms with van der Waals surface area (Å²) < 4.78 is 73.4. The molecule has 51 heavy (non-hydrogen) atoms. The van der Waals surface area contributed by atoms with Crippen LogP contribution in [0.5, 0.6) is 17.2 Å². The van der Waals surface area contributed by atoms with Gasteiger partial charge in [0.05, 0.1) is 35.8 Å². The fourth-order valence-corrected chi connectivity index (χ4v) is 5.52. The van der Waals surface area contributed by atoms with Gasteiger partial charge < -0.3 is 52.4 Å². The Bertz CT molecular complexity index is 2220. The van der Waals surface area contributed by atoms with E-state index in [-0.39, 0.29) is 82.9 Å². The molecule has 0 spiro atoms. The Hall–Kier alpha value is -5.78. The second-order valence-corrected chi connectivity index (χ2v) is 12.9. The van der Waals surface area contributed by atoms with Crippen molar-refractivity contribution in [2.75, 3.05) is 48.9 Å². The van der Waals surface area contributed by atoms with Gasteiger partial charge in [0.2, 0.25) is 5.91 Å². The molecule has 274 valence electrons. The van der Waals surface area contributed by atoms with Crippen LogP contribution >= 0.6 is 0 Å². The molecule has 0 aromatic heterocycles. The summed E-state index contributed by atoms with van der Waals surface area (Å²) in [6, 6.07) is 9.72. The highest BCUT2D eigenvalue weighted by Crippen LogP contribution is 2.40. The second-order valence-electron chi connectivity index (χ2n) is 10.1. The summed E-state index contributed by atoms with van der Waals surface area (Å²) >= 11 is 0. The number of aliphatic hydroxyl groups is 2. The molecule has 0 saturated heterocycles. The maximum absolute atomic E-state index is 11.6. The predicted octanol–water partition coefficient (Wildman–Crippen LogP) is 2.29. The van der Waals surface area contributed by atoms with Crippen LogP contribution in [0, 0.1) is 0 Å². The Morgan fingerprint density at radius 2 is 1.35 bits per heavy atom. The first-order chi connectivity index (χ1) is 23.8. The number of carboxylic acid groups (broad SMARTS) is 1. The van der Waals surface area contributed by atoms with Crippen LogP contribution in [0.3, 0.4) is 0 Å². The number of carboxylic acids is 1. The number of nitrogens with two attached hydrogens (primary N) is 3. The van der Waals surface area contributed by atoms with E-state index < -0.39 is 47.4 Å². The van der Waals surface area contributed by atoms with Crippen LogP contribution in [0.4, 0.5) is 34.1 Å². The van der Waals surface area contributed by atoms with Gasteiger partial charge in [-0.25, -0.2) is 4.79 Å². The van der Waals surface area contributed by atoms with Gasteiger partial charge in [-0.3, -0.25) is 13.9 Å². The van der Waals surface area contributed by atoms with Crippen LogP contribution in [-0.4, -0.2) is 84.7 Å². The first-order valence-electron chi connectivity index (χ1n) is 14.1. The van der Waals surface area contributed by atoms with Crippen molar-refractivity contribution in [1.29, 1.82) is 0 Å². The first kappa shape index (κ1) is 39.7. The lowest BCUT2D eigenvalue weighted by Gasteiger charge is -2.12. The number of carbonyl (C=O) groups excluding carboxylic acids is 1. The molecule has 0 atom stereocenters. The van der Waals surface area contributed by atoms with Crippen LogP contribution in [0.2, 0.25) is 0 Å². The molecule has 0 saturated carbocycles. The van der Waals surface area contributed by atoms with Crippen molar-refractivity contribution in [3.8, 4) is 17.2 Å². The van der Waals surface area contributed by atoms with Gasteiger partial charge in [-0.15, -0.1) is 10.2 Å². The van der Waals surface area contributed by atoms with Crippen molar-refractivity contribution in [3.05, 3.63) is 54.1 Å². The summed E-state index contributed by atoms with van der Waals surface area (Å²) in [6.07, 6.45) is 0. The highest BCUT2D eigenvalue weighted by Gasteiger charge is 2.22. The number of phenols is 1. The molecule has 4 aromatic carbocycles. The van der Waals surface area contributed by atoms with Crippen LogP contribution in [0.1, 0.15) is 17.3 Å². The van der Waals surface area contributed by atoms with Gasteiger partial charge in [0.25, 0.3) is 20.2 Å². The smallest absolute Gasteiger partial charge is 0.338 e. The number of nitrogens with zero attached hydrogens (tertiary/aromatic N) is 2. The minimum atomic E-state index is -4.73. The van der Waals surface area contributed by atoms with E-state index in [0.717, 1.165) is 18.2 Å². The number of hydrogen-bond donors (Lipinski definition) is 10. The van der Waals surface area contributed by atoms with Crippen LogP contribution in [-0.2, 0) is 25.0 Å². The zero-order valence-electron chi connectivity index (χ0n) is 26.3. The average Bonchev–Trinajstić information content (AvgIpc) is 3.03. The zero-order valence-corrected chi connectivity index (χ0v) is 28.0. The summed E-state index contributed by atoms with van der Waals surface area (Å²) in [5, 5.41) is 47.6. The van der Waals surface area contributed by atoms with Crippen molar-refractivity contribution in [2.24, 2.45) is 10.2 Å². The molecule has 4 aromatic rings. The van der Waals surface area contributed by atoms with Gasteiger partial charge in [-0.2, -0.15) is 16.8 Å². The third-order valence-electron chi connectivity index (χ3n) is 6.40. The molecular formula is C29H32N6O14S2. The molecule has 13 N–H and O–H groups in total. The number of aromatic hydroxyl groups is 1. The minimum absolute atomic E-state index is 0.00536.